The van der Waals surface area contributed by atoms with Gasteiger partial charge in [0.25, 0.3) is 0 Å². The molecule has 0 spiro atoms. The molecule has 0 aliphatic heterocycles. The lowest BCUT2D eigenvalue weighted by Gasteiger charge is -2.18. The number of ether oxygens (including phenoxy) is 1. The maximum Gasteiger partial charge on any atom is 0.161 e. The maximum absolute atomic E-state index is 10.1. The number of para-hydroxylation sites is 1. The summed E-state index contributed by atoms with van der Waals surface area (Å²) in [7, 11) is 1.56. The van der Waals surface area contributed by atoms with Crippen molar-refractivity contribution < 1.29 is 9.84 Å². The average molecular weight is 232 g/mol. The van der Waals surface area contributed by atoms with Crippen molar-refractivity contribution in [2.75, 3.05) is 7.11 Å². The van der Waals surface area contributed by atoms with Gasteiger partial charge in [-0.2, -0.15) is 0 Å². The molecule has 0 aromatic heterocycles. The van der Waals surface area contributed by atoms with Crippen LogP contribution in [0.2, 0.25) is 0 Å². The van der Waals surface area contributed by atoms with Crippen LogP contribution in [0.25, 0.3) is 0 Å². The van der Waals surface area contributed by atoms with Gasteiger partial charge in [-0.05, 0) is 12.0 Å². The van der Waals surface area contributed by atoms with Crippen LogP contribution < -0.4 is 4.74 Å². The van der Waals surface area contributed by atoms with Gasteiger partial charge in [-0.1, -0.05) is 38.8 Å². The van der Waals surface area contributed by atoms with E-state index in [1.807, 2.05) is 19.1 Å². The van der Waals surface area contributed by atoms with Gasteiger partial charge in [0, 0.05) is 17.9 Å². The first-order valence-corrected chi connectivity index (χ1v) is 5.96. The molecule has 1 aromatic rings. The standard InChI is InChI=1S/C15H20O2/c1-5-6-8-11(2)12(3)13-9-7-10-14(17-4)15(13)16/h7,9-12,16H,5H2,1-4H3. The Hall–Kier alpha value is -1.62. The highest BCUT2D eigenvalue weighted by Gasteiger charge is 2.18. The van der Waals surface area contributed by atoms with Crippen LogP contribution >= 0.6 is 0 Å². The third-order valence-corrected chi connectivity index (χ3v) is 3.00. The molecule has 0 aliphatic carbocycles. The predicted molar refractivity (Wildman–Crippen MR) is 70.3 cm³/mol. The van der Waals surface area contributed by atoms with Gasteiger partial charge in [-0.15, -0.1) is 5.92 Å². The van der Waals surface area contributed by atoms with E-state index in [1.54, 1.807) is 13.2 Å². The van der Waals surface area contributed by atoms with Crippen LogP contribution in [0.15, 0.2) is 18.2 Å². The number of phenols is 1. The van der Waals surface area contributed by atoms with Crippen LogP contribution in [-0.2, 0) is 0 Å². The molecular weight excluding hydrogens is 212 g/mol. The summed E-state index contributed by atoms with van der Waals surface area (Å²) in [6.07, 6.45) is 0.862. The molecule has 2 atom stereocenters. The van der Waals surface area contributed by atoms with E-state index in [-0.39, 0.29) is 17.6 Å². The fourth-order valence-corrected chi connectivity index (χ4v) is 1.73. The molecule has 2 heteroatoms. The van der Waals surface area contributed by atoms with Gasteiger partial charge >= 0.3 is 0 Å². The molecule has 0 saturated carbocycles. The summed E-state index contributed by atoms with van der Waals surface area (Å²) < 4.78 is 5.11. The van der Waals surface area contributed by atoms with Crippen molar-refractivity contribution in [3.05, 3.63) is 23.8 Å². The second-order valence-corrected chi connectivity index (χ2v) is 4.15. The fraction of sp³-hybridized carbons (Fsp3) is 0.467. The number of phenolic OH excluding ortho intramolecular Hbond substituents is 1. The number of rotatable bonds is 3. The molecule has 1 N–H and O–H groups in total. The number of hydrogen-bond acceptors (Lipinski definition) is 2. The molecule has 0 aliphatic rings. The molecule has 0 radical (unpaired) electrons. The van der Waals surface area contributed by atoms with Gasteiger partial charge in [0.1, 0.15) is 0 Å². The molecule has 1 rings (SSSR count). The Labute approximate surface area is 104 Å². The number of methoxy groups -OCH3 is 1. The van der Waals surface area contributed by atoms with Crippen molar-refractivity contribution in [2.24, 2.45) is 5.92 Å². The highest BCUT2D eigenvalue weighted by molar-refractivity contribution is 5.47. The lowest BCUT2D eigenvalue weighted by molar-refractivity contribution is 0.367. The summed E-state index contributed by atoms with van der Waals surface area (Å²) in [5.74, 6) is 7.43. The predicted octanol–water partition coefficient (Wildman–Crippen LogP) is 3.55. The summed E-state index contributed by atoms with van der Waals surface area (Å²) in [5, 5.41) is 10.1. The molecule has 0 saturated heterocycles. The Kier molecular flexibility index (Phi) is 4.90. The fourth-order valence-electron chi connectivity index (χ4n) is 1.73. The van der Waals surface area contributed by atoms with Gasteiger partial charge in [0.05, 0.1) is 7.11 Å². The molecule has 0 bridgehead atoms. The van der Waals surface area contributed by atoms with Crippen molar-refractivity contribution in [3.8, 4) is 23.3 Å². The van der Waals surface area contributed by atoms with Crippen LogP contribution in [0, 0.1) is 17.8 Å². The summed E-state index contributed by atoms with van der Waals surface area (Å²) in [4.78, 5) is 0. The van der Waals surface area contributed by atoms with Crippen molar-refractivity contribution in [1.29, 1.82) is 0 Å². The SMILES string of the molecule is CCC#CC(C)C(C)c1cccc(OC)c1O. The summed E-state index contributed by atoms with van der Waals surface area (Å²) in [5.41, 5.74) is 0.891. The minimum Gasteiger partial charge on any atom is -0.504 e. The first-order chi connectivity index (χ1) is 8.11. The van der Waals surface area contributed by atoms with Gasteiger partial charge in [0.15, 0.2) is 11.5 Å². The largest absolute Gasteiger partial charge is 0.504 e. The van der Waals surface area contributed by atoms with Crippen molar-refractivity contribution >= 4 is 0 Å². The number of benzene rings is 1. The van der Waals surface area contributed by atoms with Crippen LogP contribution in [0.4, 0.5) is 0 Å². The van der Waals surface area contributed by atoms with E-state index >= 15 is 0 Å². The highest BCUT2D eigenvalue weighted by Crippen LogP contribution is 2.36. The lowest BCUT2D eigenvalue weighted by Crippen LogP contribution is -2.04. The zero-order valence-corrected chi connectivity index (χ0v) is 10.9. The van der Waals surface area contributed by atoms with E-state index in [4.69, 9.17) is 4.74 Å². The van der Waals surface area contributed by atoms with Crippen LogP contribution in [0.3, 0.4) is 0 Å². The quantitative estimate of drug-likeness (QED) is 0.807. The second kappa shape index (κ2) is 6.20. The number of hydrogen-bond donors (Lipinski definition) is 1. The molecule has 17 heavy (non-hydrogen) atoms. The van der Waals surface area contributed by atoms with E-state index in [9.17, 15) is 5.11 Å². The molecule has 0 fully saturated rings. The van der Waals surface area contributed by atoms with Crippen LogP contribution in [-0.4, -0.2) is 12.2 Å². The minimum atomic E-state index is 0.184. The van der Waals surface area contributed by atoms with Crippen LogP contribution in [0.1, 0.15) is 38.7 Å². The van der Waals surface area contributed by atoms with Crippen LogP contribution in [0.5, 0.6) is 11.5 Å². The Morgan fingerprint density at radius 1 is 1.35 bits per heavy atom. The Morgan fingerprint density at radius 2 is 2.06 bits per heavy atom. The third kappa shape index (κ3) is 3.17. The van der Waals surface area contributed by atoms with E-state index in [0.717, 1.165) is 12.0 Å². The van der Waals surface area contributed by atoms with Gasteiger partial charge < -0.3 is 9.84 Å². The second-order valence-electron chi connectivity index (χ2n) is 4.15. The van der Waals surface area contributed by atoms with Gasteiger partial charge in [0.2, 0.25) is 0 Å². The van der Waals surface area contributed by atoms with Crippen molar-refractivity contribution in [3.63, 3.8) is 0 Å². The zero-order chi connectivity index (χ0) is 12.8. The zero-order valence-electron chi connectivity index (χ0n) is 10.9. The molecule has 92 valence electrons. The molecular formula is C15H20O2. The molecule has 0 heterocycles. The Morgan fingerprint density at radius 3 is 2.65 bits per heavy atom. The third-order valence-electron chi connectivity index (χ3n) is 3.00. The molecule has 1 aromatic carbocycles. The normalized spacial score (nSPS) is 13.4. The first-order valence-electron chi connectivity index (χ1n) is 5.96. The maximum atomic E-state index is 10.1. The van der Waals surface area contributed by atoms with Crippen molar-refractivity contribution in [2.45, 2.75) is 33.1 Å². The van der Waals surface area contributed by atoms with E-state index in [1.165, 1.54) is 0 Å². The van der Waals surface area contributed by atoms with E-state index in [0.29, 0.717) is 5.75 Å². The molecule has 0 amide bonds. The van der Waals surface area contributed by atoms with Gasteiger partial charge in [-0.3, -0.25) is 0 Å². The Balaban J connectivity index is 2.99. The van der Waals surface area contributed by atoms with E-state index < -0.39 is 0 Å². The number of aromatic hydroxyl groups is 1. The monoisotopic (exact) mass is 232 g/mol. The molecule has 2 nitrogen and oxygen atoms in total. The smallest absolute Gasteiger partial charge is 0.161 e. The van der Waals surface area contributed by atoms with Gasteiger partial charge in [-0.25, -0.2) is 0 Å². The topological polar surface area (TPSA) is 29.5 Å². The first kappa shape index (κ1) is 13.4. The molecule has 2 unspecified atom stereocenters. The van der Waals surface area contributed by atoms with E-state index in [2.05, 4.69) is 25.7 Å². The highest BCUT2D eigenvalue weighted by atomic mass is 16.5. The summed E-state index contributed by atoms with van der Waals surface area (Å²) >= 11 is 0. The summed E-state index contributed by atoms with van der Waals surface area (Å²) in [6, 6.07) is 5.57. The van der Waals surface area contributed by atoms with Crippen molar-refractivity contribution in [1.82, 2.24) is 0 Å². The minimum absolute atomic E-state index is 0.184. The Bertz CT molecular complexity index is 426. The summed E-state index contributed by atoms with van der Waals surface area (Å²) in [6.45, 7) is 6.18. The lowest BCUT2D eigenvalue weighted by atomic mass is 9.88. The average Bonchev–Trinajstić information content (AvgIpc) is 2.35.